The average molecular weight is 295 g/mol. The molecule has 0 fully saturated rings. The Balaban J connectivity index is 1.81. The van der Waals surface area contributed by atoms with Crippen LogP contribution in [0.25, 0.3) is 11.5 Å². The van der Waals surface area contributed by atoms with Crippen LogP contribution in [0.2, 0.25) is 0 Å². The summed E-state index contributed by atoms with van der Waals surface area (Å²) < 4.78 is 4.22. The zero-order valence-corrected chi connectivity index (χ0v) is 13.3. The molecule has 0 spiro atoms. The summed E-state index contributed by atoms with van der Waals surface area (Å²) in [5.41, 5.74) is 4.63. The van der Waals surface area contributed by atoms with Gasteiger partial charge >= 0.3 is 0 Å². The Labute approximate surface area is 130 Å². The van der Waals surface area contributed by atoms with Crippen LogP contribution in [-0.2, 0) is 19.5 Å². The lowest BCUT2D eigenvalue weighted by molar-refractivity contribution is 0.631. The molecular formula is C17H21N5. The van der Waals surface area contributed by atoms with Crippen molar-refractivity contribution in [3.63, 3.8) is 0 Å². The summed E-state index contributed by atoms with van der Waals surface area (Å²) in [4.78, 5) is 8.83. The molecule has 0 aromatic carbocycles. The molecule has 0 aliphatic rings. The van der Waals surface area contributed by atoms with E-state index in [9.17, 15) is 0 Å². The summed E-state index contributed by atoms with van der Waals surface area (Å²) >= 11 is 0. The van der Waals surface area contributed by atoms with Gasteiger partial charge in [0, 0.05) is 37.4 Å². The minimum absolute atomic E-state index is 0.878. The van der Waals surface area contributed by atoms with Crippen molar-refractivity contribution >= 4 is 0 Å². The van der Waals surface area contributed by atoms with Gasteiger partial charge in [-0.25, -0.2) is 4.98 Å². The van der Waals surface area contributed by atoms with E-state index < -0.39 is 0 Å². The number of pyridine rings is 1. The topological polar surface area (TPSA) is 48.5 Å². The second kappa shape index (κ2) is 6.13. The maximum absolute atomic E-state index is 4.59. The largest absolute Gasteiger partial charge is 0.329 e. The Morgan fingerprint density at radius 1 is 1.09 bits per heavy atom. The summed E-state index contributed by atoms with van der Waals surface area (Å²) in [7, 11) is 0. The molecule has 3 aromatic rings. The zero-order valence-electron chi connectivity index (χ0n) is 13.3. The number of rotatable bonds is 5. The standard InChI is InChI=1S/C17H21N5/c1-4-22-14(3)15(13(2)20-22)8-11-21-12-10-19-17(21)16-7-5-6-9-18-16/h5-7,9-10,12H,4,8,11H2,1-3H3. The molecule has 0 radical (unpaired) electrons. The Hall–Kier alpha value is -2.43. The van der Waals surface area contributed by atoms with Gasteiger partial charge in [-0.2, -0.15) is 5.10 Å². The summed E-state index contributed by atoms with van der Waals surface area (Å²) in [6, 6.07) is 5.90. The summed E-state index contributed by atoms with van der Waals surface area (Å²) in [5, 5.41) is 4.59. The Kier molecular flexibility index (Phi) is 4.04. The van der Waals surface area contributed by atoms with E-state index in [4.69, 9.17) is 0 Å². The van der Waals surface area contributed by atoms with Crippen LogP contribution in [0.1, 0.15) is 23.9 Å². The molecule has 5 heteroatoms. The quantitative estimate of drug-likeness (QED) is 0.727. The van der Waals surface area contributed by atoms with Gasteiger partial charge in [-0.15, -0.1) is 0 Å². The average Bonchev–Trinajstić information content (AvgIpc) is 3.11. The summed E-state index contributed by atoms with van der Waals surface area (Å²) in [6.45, 7) is 8.15. The highest BCUT2D eigenvalue weighted by molar-refractivity contribution is 5.49. The zero-order chi connectivity index (χ0) is 15.5. The van der Waals surface area contributed by atoms with Gasteiger partial charge in [0.05, 0.1) is 5.69 Å². The molecule has 0 aliphatic carbocycles. The highest BCUT2D eigenvalue weighted by atomic mass is 15.3. The molecule has 0 N–H and O–H groups in total. The fraction of sp³-hybridized carbons (Fsp3) is 0.353. The van der Waals surface area contributed by atoms with Crippen molar-refractivity contribution in [2.45, 2.75) is 40.3 Å². The van der Waals surface area contributed by atoms with Gasteiger partial charge in [0.2, 0.25) is 0 Å². The fourth-order valence-electron chi connectivity index (χ4n) is 2.85. The first-order valence-electron chi connectivity index (χ1n) is 7.66. The van der Waals surface area contributed by atoms with Crippen LogP contribution in [0.3, 0.4) is 0 Å². The lowest BCUT2D eigenvalue weighted by atomic mass is 10.1. The third kappa shape index (κ3) is 2.66. The molecule has 22 heavy (non-hydrogen) atoms. The molecule has 3 aromatic heterocycles. The smallest absolute Gasteiger partial charge is 0.158 e. The molecule has 3 heterocycles. The third-order valence-corrected chi connectivity index (χ3v) is 4.04. The predicted octanol–water partition coefficient (Wildman–Crippen LogP) is 3.02. The first-order chi connectivity index (χ1) is 10.7. The van der Waals surface area contributed by atoms with Crippen LogP contribution in [0.15, 0.2) is 36.8 Å². The second-order valence-corrected chi connectivity index (χ2v) is 5.37. The van der Waals surface area contributed by atoms with Crippen LogP contribution in [0, 0.1) is 13.8 Å². The molecule has 0 unspecified atom stereocenters. The number of imidazole rings is 1. The van der Waals surface area contributed by atoms with Crippen LogP contribution in [0.5, 0.6) is 0 Å². The molecule has 0 aliphatic heterocycles. The van der Waals surface area contributed by atoms with Gasteiger partial charge < -0.3 is 4.57 Å². The van der Waals surface area contributed by atoms with Crippen molar-refractivity contribution in [1.82, 2.24) is 24.3 Å². The van der Waals surface area contributed by atoms with Crippen LogP contribution >= 0.6 is 0 Å². The van der Waals surface area contributed by atoms with Crippen molar-refractivity contribution in [3.05, 3.63) is 53.7 Å². The monoisotopic (exact) mass is 295 g/mol. The van der Waals surface area contributed by atoms with E-state index >= 15 is 0 Å². The van der Waals surface area contributed by atoms with Gasteiger partial charge in [0.15, 0.2) is 5.82 Å². The molecule has 0 bridgehead atoms. The second-order valence-electron chi connectivity index (χ2n) is 5.37. The van der Waals surface area contributed by atoms with Crippen LogP contribution < -0.4 is 0 Å². The lowest BCUT2D eigenvalue weighted by Gasteiger charge is -2.08. The molecule has 0 saturated heterocycles. The molecule has 3 rings (SSSR count). The van der Waals surface area contributed by atoms with Crippen molar-refractivity contribution < 1.29 is 0 Å². The van der Waals surface area contributed by atoms with Crippen LogP contribution in [0.4, 0.5) is 0 Å². The first-order valence-corrected chi connectivity index (χ1v) is 7.66. The molecule has 0 saturated carbocycles. The highest BCUT2D eigenvalue weighted by Gasteiger charge is 2.12. The Morgan fingerprint density at radius 3 is 2.64 bits per heavy atom. The van der Waals surface area contributed by atoms with Crippen LogP contribution in [-0.4, -0.2) is 24.3 Å². The van der Waals surface area contributed by atoms with Gasteiger partial charge in [0.1, 0.15) is 5.69 Å². The van der Waals surface area contributed by atoms with Crippen molar-refractivity contribution in [1.29, 1.82) is 0 Å². The third-order valence-electron chi connectivity index (χ3n) is 4.04. The Morgan fingerprint density at radius 2 is 1.95 bits per heavy atom. The molecule has 0 amide bonds. The number of hydrogen-bond donors (Lipinski definition) is 0. The maximum Gasteiger partial charge on any atom is 0.158 e. The minimum atomic E-state index is 0.878. The number of hydrogen-bond acceptors (Lipinski definition) is 3. The van der Waals surface area contributed by atoms with E-state index in [0.29, 0.717) is 0 Å². The van der Waals surface area contributed by atoms with Gasteiger partial charge in [-0.3, -0.25) is 9.67 Å². The normalized spacial score (nSPS) is 11.0. The van der Waals surface area contributed by atoms with E-state index in [2.05, 4.69) is 45.1 Å². The summed E-state index contributed by atoms with van der Waals surface area (Å²) in [5.74, 6) is 0.916. The maximum atomic E-state index is 4.59. The van der Waals surface area contributed by atoms with Crippen molar-refractivity contribution in [2.75, 3.05) is 0 Å². The van der Waals surface area contributed by atoms with Gasteiger partial charge in [0.25, 0.3) is 0 Å². The van der Waals surface area contributed by atoms with Crippen molar-refractivity contribution in [2.24, 2.45) is 0 Å². The molecule has 5 nitrogen and oxygen atoms in total. The van der Waals surface area contributed by atoms with Crippen molar-refractivity contribution in [3.8, 4) is 11.5 Å². The van der Waals surface area contributed by atoms with Gasteiger partial charge in [-0.05, 0) is 44.9 Å². The van der Waals surface area contributed by atoms with Gasteiger partial charge in [-0.1, -0.05) is 6.07 Å². The molecule has 0 atom stereocenters. The van der Waals surface area contributed by atoms with E-state index in [0.717, 1.165) is 36.7 Å². The SMILES string of the molecule is CCn1nc(C)c(CCn2ccnc2-c2ccccn2)c1C. The number of aryl methyl sites for hydroxylation is 3. The fourth-order valence-corrected chi connectivity index (χ4v) is 2.85. The van der Waals surface area contributed by atoms with E-state index in [1.807, 2.05) is 30.6 Å². The highest BCUT2D eigenvalue weighted by Crippen LogP contribution is 2.18. The Bertz CT molecular complexity index is 755. The lowest BCUT2D eigenvalue weighted by Crippen LogP contribution is -2.05. The number of nitrogens with zero attached hydrogens (tertiary/aromatic N) is 5. The minimum Gasteiger partial charge on any atom is -0.329 e. The van der Waals surface area contributed by atoms with E-state index in [1.165, 1.54) is 11.3 Å². The number of aromatic nitrogens is 5. The van der Waals surface area contributed by atoms with E-state index in [1.54, 1.807) is 6.20 Å². The summed E-state index contributed by atoms with van der Waals surface area (Å²) in [6.07, 6.45) is 6.60. The predicted molar refractivity (Wildman–Crippen MR) is 86.5 cm³/mol. The molecule has 114 valence electrons. The first kappa shape index (κ1) is 14.5. The van der Waals surface area contributed by atoms with E-state index in [-0.39, 0.29) is 0 Å². The molecular weight excluding hydrogens is 274 g/mol.